The molecule has 1 aliphatic heterocycles. The minimum absolute atomic E-state index is 0.284. The fourth-order valence-electron chi connectivity index (χ4n) is 2.55. The third-order valence-corrected chi connectivity index (χ3v) is 3.90. The number of hydrogen-bond acceptors (Lipinski definition) is 5. The standard InChI is InChI=1S/C19H19N3O2/c20-13-17-3-1-2-4-18(17)15-24-21-14-16-5-7-19(8-6-16)22-9-11-23-12-10-22/h1-8,14H,9-12,15H2/b21-14-. The molecule has 2 aromatic rings. The highest BCUT2D eigenvalue weighted by atomic mass is 16.6. The van der Waals surface area contributed by atoms with Gasteiger partial charge < -0.3 is 14.5 Å². The van der Waals surface area contributed by atoms with Crippen molar-refractivity contribution in [2.75, 3.05) is 31.2 Å². The van der Waals surface area contributed by atoms with Crippen LogP contribution in [0.1, 0.15) is 16.7 Å². The van der Waals surface area contributed by atoms with Crippen molar-refractivity contribution in [1.29, 1.82) is 5.26 Å². The fourth-order valence-corrected chi connectivity index (χ4v) is 2.55. The number of morpholine rings is 1. The Morgan fingerprint density at radius 3 is 2.62 bits per heavy atom. The van der Waals surface area contributed by atoms with Crippen molar-refractivity contribution in [3.8, 4) is 6.07 Å². The largest absolute Gasteiger partial charge is 0.391 e. The van der Waals surface area contributed by atoms with Gasteiger partial charge in [-0.2, -0.15) is 5.26 Å². The lowest BCUT2D eigenvalue weighted by atomic mass is 10.1. The summed E-state index contributed by atoms with van der Waals surface area (Å²) in [6.45, 7) is 3.69. The molecule has 0 aromatic heterocycles. The summed E-state index contributed by atoms with van der Waals surface area (Å²) < 4.78 is 5.36. The molecule has 0 bridgehead atoms. The van der Waals surface area contributed by atoms with Gasteiger partial charge in [0.15, 0.2) is 0 Å². The molecular formula is C19H19N3O2. The smallest absolute Gasteiger partial charge is 0.143 e. The summed E-state index contributed by atoms with van der Waals surface area (Å²) in [5, 5.41) is 13.0. The molecule has 0 atom stereocenters. The normalized spacial score (nSPS) is 14.5. The van der Waals surface area contributed by atoms with Gasteiger partial charge in [0.1, 0.15) is 6.61 Å². The van der Waals surface area contributed by atoms with Crippen LogP contribution >= 0.6 is 0 Å². The van der Waals surface area contributed by atoms with Crippen molar-refractivity contribution in [2.24, 2.45) is 5.16 Å². The molecule has 0 unspecified atom stereocenters. The number of anilines is 1. The molecule has 0 spiro atoms. The first-order chi connectivity index (χ1) is 11.9. The summed E-state index contributed by atoms with van der Waals surface area (Å²) in [5.41, 5.74) is 3.61. The summed E-state index contributed by atoms with van der Waals surface area (Å²) in [7, 11) is 0. The predicted molar refractivity (Wildman–Crippen MR) is 93.0 cm³/mol. The van der Waals surface area contributed by atoms with Crippen LogP contribution in [0.2, 0.25) is 0 Å². The SMILES string of the molecule is N#Cc1ccccc1CO/N=C\c1ccc(N2CCOCC2)cc1. The average Bonchev–Trinajstić information content (AvgIpc) is 2.67. The summed E-state index contributed by atoms with van der Waals surface area (Å²) in [5.74, 6) is 0. The molecule has 0 aliphatic carbocycles. The van der Waals surface area contributed by atoms with Crippen LogP contribution in [0.25, 0.3) is 0 Å². The molecule has 0 radical (unpaired) electrons. The van der Waals surface area contributed by atoms with Crippen molar-refractivity contribution < 1.29 is 9.57 Å². The minimum atomic E-state index is 0.284. The third kappa shape index (κ3) is 4.12. The second-order valence-corrected chi connectivity index (χ2v) is 5.47. The van der Waals surface area contributed by atoms with Crippen LogP contribution in [0.5, 0.6) is 0 Å². The number of rotatable bonds is 5. The number of nitriles is 1. The van der Waals surface area contributed by atoms with Crippen LogP contribution < -0.4 is 4.90 Å². The van der Waals surface area contributed by atoms with E-state index >= 15 is 0 Å². The molecule has 24 heavy (non-hydrogen) atoms. The van der Waals surface area contributed by atoms with Gasteiger partial charge in [0, 0.05) is 24.3 Å². The van der Waals surface area contributed by atoms with E-state index in [-0.39, 0.29) is 6.61 Å². The molecule has 122 valence electrons. The van der Waals surface area contributed by atoms with Gasteiger partial charge in [-0.25, -0.2) is 0 Å². The second-order valence-electron chi connectivity index (χ2n) is 5.47. The van der Waals surface area contributed by atoms with E-state index in [0.717, 1.165) is 37.4 Å². The molecule has 5 nitrogen and oxygen atoms in total. The number of oxime groups is 1. The summed E-state index contributed by atoms with van der Waals surface area (Å²) in [6, 6.07) is 17.7. The summed E-state index contributed by atoms with van der Waals surface area (Å²) >= 11 is 0. The summed E-state index contributed by atoms with van der Waals surface area (Å²) in [6.07, 6.45) is 1.68. The lowest BCUT2D eigenvalue weighted by molar-refractivity contribution is 0.122. The molecule has 0 N–H and O–H groups in total. The Bertz CT molecular complexity index is 729. The van der Waals surface area contributed by atoms with Gasteiger partial charge in [0.2, 0.25) is 0 Å². The molecule has 1 heterocycles. The maximum atomic E-state index is 9.03. The van der Waals surface area contributed by atoms with E-state index in [0.29, 0.717) is 5.56 Å². The van der Waals surface area contributed by atoms with E-state index in [2.05, 4.69) is 28.3 Å². The van der Waals surface area contributed by atoms with E-state index in [1.807, 2.05) is 30.3 Å². The molecule has 2 aromatic carbocycles. The molecule has 1 fully saturated rings. The zero-order chi connectivity index (χ0) is 16.6. The zero-order valence-electron chi connectivity index (χ0n) is 13.4. The Morgan fingerprint density at radius 2 is 1.88 bits per heavy atom. The van der Waals surface area contributed by atoms with Crippen LogP contribution in [0.15, 0.2) is 53.7 Å². The molecule has 1 aliphatic rings. The van der Waals surface area contributed by atoms with Gasteiger partial charge >= 0.3 is 0 Å². The van der Waals surface area contributed by atoms with Crippen molar-refractivity contribution >= 4 is 11.9 Å². The van der Waals surface area contributed by atoms with Crippen LogP contribution in [0.3, 0.4) is 0 Å². The number of nitrogens with zero attached hydrogens (tertiary/aromatic N) is 3. The highest BCUT2D eigenvalue weighted by Gasteiger charge is 2.10. The van der Waals surface area contributed by atoms with Crippen LogP contribution in [-0.2, 0) is 16.2 Å². The maximum absolute atomic E-state index is 9.03. The van der Waals surface area contributed by atoms with E-state index in [4.69, 9.17) is 14.8 Å². The Morgan fingerprint density at radius 1 is 1.12 bits per heavy atom. The highest BCUT2D eigenvalue weighted by Crippen LogP contribution is 2.16. The predicted octanol–water partition coefficient (Wildman–Crippen LogP) is 2.95. The Kier molecular flexibility index (Phi) is 5.44. The molecule has 0 saturated carbocycles. The zero-order valence-corrected chi connectivity index (χ0v) is 13.4. The Hall–Kier alpha value is -2.84. The second kappa shape index (κ2) is 8.14. The quantitative estimate of drug-likeness (QED) is 0.627. The lowest BCUT2D eigenvalue weighted by Crippen LogP contribution is -2.36. The highest BCUT2D eigenvalue weighted by molar-refractivity contribution is 5.79. The van der Waals surface area contributed by atoms with Crippen molar-refractivity contribution in [3.63, 3.8) is 0 Å². The van der Waals surface area contributed by atoms with E-state index in [1.165, 1.54) is 5.69 Å². The minimum Gasteiger partial charge on any atom is -0.391 e. The molecule has 3 rings (SSSR count). The first kappa shape index (κ1) is 16.0. The van der Waals surface area contributed by atoms with Crippen molar-refractivity contribution in [2.45, 2.75) is 6.61 Å². The van der Waals surface area contributed by atoms with Gasteiger partial charge in [0.05, 0.1) is 31.1 Å². The van der Waals surface area contributed by atoms with Gasteiger partial charge in [-0.15, -0.1) is 0 Å². The monoisotopic (exact) mass is 321 g/mol. The first-order valence-electron chi connectivity index (χ1n) is 7.93. The fraction of sp³-hybridized carbons (Fsp3) is 0.263. The molecular weight excluding hydrogens is 302 g/mol. The summed E-state index contributed by atoms with van der Waals surface area (Å²) in [4.78, 5) is 7.61. The first-order valence-corrected chi connectivity index (χ1v) is 7.93. The van der Waals surface area contributed by atoms with E-state index in [1.54, 1.807) is 12.3 Å². The molecule has 5 heteroatoms. The molecule has 0 amide bonds. The Labute approximate surface area is 141 Å². The van der Waals surface area contributed by atoms with E-state index in [9.17, 15) is 0 Å². The van der Waals surface area contributed by atoms with E-state index < -0.39 is 0 Å². The Balaban J connectivity index is 1.54. The van der Waals surface area contributed by atoms with Crippen LogP contribution in [-0.4, -0.2) is 32.5 Å². The van der Waals surface area contributed by atoms with Gasteiger partial charge in [-0.3, -0.25) is 0 Å². The maximum Gasteiger partial charge on any atom is 0.143 e. The topological polar surface area (TPSA) is 57.8 Å². The van der Waals surface area contributed by atoms with Gasteiger partial charge in [0.25, 0.3) is 0 Å². The van der Waals surface area contributed by atoms with Gasteiger partial charge in [-0.05, 0) is 23.8 Å². The van der Waals surface area contributed by atoms with Gasteiger partial charge in [-0.1, -0.05) is 35.5 Å². The van der Waals surface area contributed by atoms with Crippen molar-refractivity contribution in [3.05, 3.63) is 65.2 Å². The number of benzene rings is 2. The third-order valence-electron chi connectivity index (χ3n) is 3.90. The average molecular weight is 321 g/mol. The van der Waals surface area contributed by atoms with Crippen molar-refractivity contribution in [1.82, 2.24) is 0 Å². The number of hydrogen-bond donors (Lipinski definition) is 0. The number of ether oxygens (including phenoxy) is 1. The lowest BCUT2D eigenvalue weighted by Gasteiger charge is -2.28. The van der Waals surface area contributed by atoms with Crippen LogP contribution in [0.4, 0.5) is 5.69 Å². The molecule has 1 saturated heterocycles. The van der Waals surface area contributed by atoms with Crippen LogP contribution in [0, 0.1) is 11.3 Å².